The molecule has 396 valence electrons. The summed E-state index contributed by atoms with van der Waals surface area (Å²) in [7, 11) is 0. The first-order valence-electron chi connectivity index (χ1n) is 29.1. The van der Waals surface area contributed by atoms with Gasteiger partial charge < -0.3 is 14.2 Å². The monoisotopic (exact) mass is 961 g/mol. The molecule has 0 amide bonds. The second-order valence-corrected chi connectivity index (χ2v) is 19.2. The van der Waals surface area contributed by atoms with Crippen LogP contribution in [0.3, 0.4) is 0 Å². The Kier molecular flexibility index (Phi) is 54.3. The van der Waals surface area contributed by atoms with Gasteiger partial charge in [0.15, 0.2) is 6.10 Å². The van der Waals surface area contributed by atoms with Gasteiger partial charge in [-0.15, -0.1) is 0 Å². The molecule has 0 aromatic heterocycles. The fraction of sp³-hybridized carbons (Fsp3) is 0.730. The molecule has 0 rings (SSSR count). The van der Waals surface area contributed by atoms with Gasteiger partial charge in [0.05, 0.1) is 0 Å². The molecule has 0 fully saturated rings. The quantitative estimate of drug-likeness (QED) is 0.0262. The van der Waals surface area contributed by atoms with Gasteiger partial charge in [-0.3, -0.25) is 14.4 Å². The second kappa shape index (κ2) is 57.2. The van der Waals surface area contributed by atoms with E-state index in [9.17, 15) is 14.4 Å². The third-order valence-corrected chi connectivity index (χ3v) is 12.4. The first-order chi connectivity index (χ1) is 34.0. The molecule has 0 radical (unpaired) electrons. The molecular formula is C63H108O6. The summed E-state index contributed by atoms with van der Waals surface area (Å²) < 4.78 is 16.8. The zero-order chi connectivity index (χ0) is 50.0. The Labute approximate surface area is 426 Å². The van der Waals surface area contributed by atoms with Crippen LogP contribution in [0.1, 0.15) is 278 Å². The van der Waals surface area contributed by atoms with E-state index in [-0.39, 0.29) is 37.5 Å². The topological polar surface area (TPSA) is 78.9 Å². The molecule has 0 aliphatic rings. The number of esters is 3. The molecular weight excluding hydrogens is 853 g/mol. The van der Waals surface area contributed by atoms with Gasteiger partial charge in [-0.05, 0) is 83.5 Å². The largest absolute Gasteiger partial charge is 0.462 e. The highest BCUT2D eigenvalue weighted by Gasteiger charge is 2.19. The summed E-state index contributed by atoms with van der Waals surface area (Å²) in [5.41, 5.74) is 0. The van der Waals surface area contributed by atoms with Crippen LogP contribution in [-0.4, -0.2) is 37.2 Å². The molecule has 1 atom stereocenters. The number of carbonyl (C=O) groups excluding carboxylic acids is 3. The van der Waals surface area contributed by atoms with E-state index in [1.165, 1.54) is 141 Å². The normalized spacial score (nSPS) is 12.7. The molecule has 0 aliphatic heterocycles. The maximum absolute atomic E-state index is 12.9. The molecule has 0 saturated carbocycles. The predicted molar refractivity (Wildman–Crippen MR) is 297 cm³/mol. The van der Waals surface area contributed by atoms with Crippen molar-refractivity contribution in [1.29, 1.82) is 0 Å². The Hall–Kier alpha value is -3.41. The SMILES string of the molecule is CC/C=C\C/C=C\C/C=C\C/C=C\C/C=C\C/C=C\CCC(=O)OC[C@H](COC(=O)CCCCCCC/C=C\CCCCCC)OC(=O)CCCCCCCCCCCCCCCCCCCCC. The van der Waals surface area contributed by atoms with Gasteiger partial charge in [0.25, 0.3) is 0 Å². The first-order valence-corrected chi connectivity index (χ1v) is 29.1. The van der Waals surface area contributed by atoms with Crippen LogP contribution in [-0.2, 0) is 28.6 Å². The molecule has 0 spiro atoms. The predicted octanol–water partition coefficient (Wildman–Crippen LogP) is 19.5. The van der Waals surface area contributed by atoms with Gasteiger partial charge in [-0.25, -0.2) is 0 Å². The summed E-state index contributed by atoms with van der Waals surface area (Å²) in [5.74, 6) is -0.989. The van der Waals surface area contributed by atoms with Crippen molar-refractivity contribution in [2.45, 2.75) is 284 Å². The van der Waals surface area contributed by atoms with Crippen LogP contribution in [0.4, 0.5) is 0 Å². The lowest BCUT2D eigenvalue weighted by atomic mass is 10.0. The summed E-state index contributed by atoms with van der Waals surface area (Å²) in [6, 6.07) is 0. The van der Waals surface area contributed by atoms with Crippen molar-refractivity contribution in [1.82, 2.24) is 0 Å². The number of rotatable bonds is 52. The number of carbonyl (C=O) groups is 3. The van der Waals surface area contributed by atoms with Gasteiger partial charge in [0, 0.05) is 19.3 Å². The second-order valence-electron chi connectivity index (χ2n) is 19.2. The number of allylic oxidation sites excluding steroid dienone is 14. The van der Waals surface area contributed by atoms with Crippen LogP contribution >= 0.6 is 0 Å². The molecule has 6 nitrogen and oxygen atoms in total. The molecule has 0 N–H and O–H groups in total. The summed E-state index contributed by atoms with van der Waals surface area (Å²) >= 11 is 0. The Morgan fingerprint density at radius 3 is 0.986 bits per heavy atom. The molecule has 0 aromatic carbocycles. The number of hydrogen-bond acceptors (Lipinski definition) is 6. The fourth-order valence-electron chi connectivity index (χ4n) is 8.05. The Bertz CT molecular complexity index is 1330. The molecule has 69 heavy (non-hydrogen) atoms. The highest BCUT2D eigenvalue weighted by molar-refractivity contribution is 5.71. The average molecular weight is 962 g/mol. The lowest BCUT2D eigenvalue weighted by Crippen LogP contribution is -2.30. The smallest absolute Gasteiger partial charge is 0.306 e. The van der Waals surface area contributed by atoms with E-state index in [4.69, 9.17) is 14.2 Å². The van der Waals surface area contributed by atoms with Crippen molar-refractivity contribution < 1.29 is 28.6 Å². The Balaban J connectivity index is 4.46. The minimum Gasteiger partial charge on any atom is -0.462 e. The van der Waals surface area contributed by atoms with E-state index < -0.39 is 6.10 Å². The summed E-state index contributed by atoms with van der Waals surface area (Å²) in [4.78, 5) is 38.1. The molecule has 0 aromatic rings. The standard InChI is InChI=1S/C63H108O6/c1-4-7-10-13-16-19-22-25-27-29-31-33-35-38-41-44-47-50-53-56-62(65)68-59-60(58-67-61(64)55-52-49-46-43-40-37-24-21-18-15-12-9-6-3)69-63(66)57-54-51-48-45-42-39-36-34-32-30-28-26-23-20-17-14-11-8-5-2/h7,10,16,19,21,24-25,27,31,33,38,41,47,50,60H,4-6,8-9,11-15,17-18,20,22-23,26,28-30,32,34-37,39-40,42-46,48-49,51-59H2,1-3H3/b10-7-,19-16-,24-21-,27-25-,33-31-,41-38-,50-47-/t60-/m0/s1. The van der Waals surface area contributed by atoms with Gasteiger partial charge >= 0.3 is 17.9 Å². The lowest BCUT2D eigenvalue weighted by Gasteiger charge is -2.18. The highest BCUT2D eigenvalue weighted by Crippen LogP contribution is 2.16. The molecule has 0 aliphatic carbocycles. The Morgan fingerprint density at radius 2 is 0.594 bits per heavy atom. The molecule has 6 heteroatoms. The van der Waals surface area contributed by atoms with Crippen molar-refractivity contribution in [2.75, 3.05) is 13.2 Å². The van der Waals surface area contributed by atoms with Crippen LogP contribution in [0.2, 0.25) is 0 Å². The van der Waals surface area contributed by atoms with Crippen molar-refractivity contribution in [2.24, 2.45) is 0 Å². The zero-order valence-electron chi connectivity index (χ0n) is 45.3. The van der Waals surface area contributed by atoms with Gasteiger partial charge in [0.2, 0.25) is 0 Å². The summed E-state index contributed by atoms with van der Waals surface area (Å²) in [6.45, 7) is 6.46. The molecule has 0 heterocycles. The first kappa shape index (κ1) is 65.6. The van der Waals surface area contributed by atoms with Crippen LogP contribution in [0.25, 0.3) is 0 Å². The summed E-state index contributed by atoms with van der Waals surface area (Å²) in [5, 5.41) is 0. The van der Waals surface area contributed by atoms with Crippen molar-refractivity contribution >= 4 is 17.9 Å². The van der Waals surface area contributed by atoms with Crippen molar-refractivity contribution in [3.63, 3.8) is 0 Å². The van der Waals surface area contributed by atoms with Gasteiger partial charge in [0.1, 0.15) is 13.2 Å². The fourth-order valence-corrected chi connectivity index (χ4v) is 8.05. The maximum Gasteiger partial charge on any atom is 0.306 e. The molecule has 0 bridgehead atoms. The molecule has 0 unspecified atom stereocenters. The average Bonchev–Trinajstić information content (AvgIpc) is 3.35. The lowest BCUT2D eigenvalue weighted by molar-refractivity contribution is -0.166. The maximum atomic E-state index is 12.9. The molecule has 0 saturated heterocycles. The van der Waals surface area contributed by atoms with Gasteiger partial charge in [-0.2, -0.15) is 0 Å². The van der Waals surface area contributed by atoms with E-state index >= 15 is 0 Å². The van der Waals surface area contributed by atoms with Crippen LogP contribution in [0.5, 0.6) is 0 Å². The third-order valence-electron chi connectivity index (χ3n) is 12.4. The Morgan fingerprint density at radius 1 is 0.304 bits per heavy atom. The van der Waals surface area contributed by atoms with E-state index in [1.807, 2.05) is 6.08 Å². The van der Waals surface area contributed by atoms with Crippen molar-refractivity contribution in [3.05, 3.63) is 85.1 Å². The minimum absolute atomic E-state index is 0.102. The van der Waals surface area contributed by atoms with E-state index in [1.54, 1.807) is 0 Å². The van der Waals surface area contributed by atoms with Crippen LogP contribution in [0.15, 0.2) is 85.1 Å². The minimum atomic E-state index is -0.809. The third kappa shape index (κ3) is 55.4. The zero-order valence-corrected chi connectivity index (χ0v) is 45.3. The van der Waals surface area contributed by atoms with E-state index in [0.717, 1.165) is 89.9 Å². The van der Waals surface area contributed by atoms with Crippen LogP contribution < -0.4 is 0 Å². The van der Waals surface area contributed by atoms with Crippen LogP contribution in [0, 0.1) is 0 Å². The summed E-state index contributed by atoms with van der Waals surface area (Å²) in [6.07, 6.45) is 74.5. The van der Waals surface area contributed by atoms with E-state index in [0.29, 0.717) is 19.3 Å². The number of hydrogen-bond donors (Lipinski definition) is 0. The van der Waals surface area contributed by atoms with Gasteiger partial charge in [-0.1, -0.05) is 260 Å². The van der Waals surface area contributed by atoms with E-state index in [2.05, 4.69) is 99.8 Å². The number of ether oxygens (including phenoxy) is 3. The van der Waals surface area contributed by atoms with Crippen molar-refractivity contribution in [3.8, 4) is 0 Å². The number of unbranched alkanes of at least 4 members (excludes halogenated alkanes) is 27. The highest BCUT2D eigenvalue weighted by atomic mass is 16.6.